The first-order chi connectivity index (χ1) is 10.7. The van der Waals surface area contributed by atoms with E-state index in [0.29, 0.717) is 11.7 Å². The van der Waals surface area contributed by atoms with Crippen molar-refractivity contribution in [3.05, 3.63) is 11.9 Å². The van der Waals surface area contributed by atoms with E-state index in [1.165, 1.54) is 12.6 Å². The van der Waals surface area contributed by atoms with Crippen LogP contribution in [0.4, 0.5) is 0 Å². The van der Waals surface area contributed by atoms with Crippen LogP contribution in [0.3, 0.4) is 0 Å². The maximum Gasteiger partial charge on any atom is 0.276 e. The van der Waals surface area contributed by atoms with E-state index in [0.717, 1.165) is 58.5 Å². The summed E-state index contributed by atoms with van der Waals surface area (Å²) in [6.45, 7) is 6.50. The number of amides is 1. The Hall–Kier alpha value is -1.47. The second-order valence-electron chi connectivity index (χ2n) is 6.44. The van der Waals surface area contributed by atoms with Gasteiger partial charge in [-0.2, -0.15) is 15.4 Å². The van der Waals surface area contributed by atoms with Crippen LogP contribution in [0, 0.1) is 0 Å². The van der Waals surface area contributed by atoms with Gasteiger partial charge in [0, 0.05) is 45.3 Å². The topological polar surface area (TPSA) is 68.4 Å². The number of hydrogen-bond acceptors (Lipinski definition) is 5. The molecule has 0 aromatic carbocycles. The number of carbonyl (C=O) groups is 1. The number of likely N-dealkylation sites (tertiary alicyclic amines) is 1. The molecular weight excluding hydrogens is 280 g/mol. The molecule has 0 unspecified atom stereocenters. The lowest BCUT2D eigenvalue weighted by molar-refractivity contribution is 0.0564. The molecule has 1 aromatic rings. The number of hydrogen-bond donors (Lipinski definition) is 1. The molecule has 2 aliphatic heterocycles. The van der Waals surface area contributed by atoms with E-state index in [-0.39, 0.29) is 5.91 Å². The van der Waals surface area contributed by atoms with E-state index >= 15 is 0 Å². The Labute approximate surface area is 131 Å². The van der Waals surface area contributed by atoms with E-state index in [1.807, 2.05) is 4.90 Å². The number of piperidine rings is 1. The molecule has 1 aromatic heterocycles. The Morgan fingerprint density at radius 2 is 2.09 bits per heavy atom. The van der Waals surface area contributed by atoms with Crippen LogP contribution in [0.25, 0.3) is 0 Å². The number of likely N-dealkylation sites (N-methyl/N-ethyl adjacent to an activating group) is 1. The fourth-order valence-electron chi connectivity index (χ4n) is 3.42. The predicted octanol–water partition coefficient (Wildman–Crippen LogP) is 0.437. The lowest BCUT2D eigenvalue weighted by Crippen LogP contribution is -2.48. The summed E-state index contributed by atoms with van der Waals surface area (Å²) in [5, 5.41) is 10.2. The molecule has 22 heavy (non-hydrogen) atoms. The number of rotatable bonds is 4. The van der Waals surface area contributed by atoms with Crippen molar-refractivity contribution in [1.82, 2.24) is 30.1 Å². The summed E-state index contributed by atoms with van der Waals surface area (Å²) in [5.74, 6) is 0.0248. The summed E-state index contributed by atoms with van der Waals surface area (Å²) in [6, 6.07) is 0.345. The van der Waals surface area contributed by atoms with Crippen LogP contribution in [-0.2, 0) is 0 Å². The van der Waals surface area contributed by atoms with Gasteiger partial charge in [0.2, 0.25) is 0 Å². The van der Waals surface area contributed by atoms with Gasteiger partial charge in [-0.05, 0) is 32.7 Å². The maximum atomic E-state index is 12.5. The minimum atomic E-state index is 0.0248. The van der Waals surface area contributed by atoms with Gasteiger partial charge in [0.15, 0.2) is 5.69 Å². The molecule has 1 amide bonds. The maximum absolute atomic E-state index is 12.5. The van der Waals surface area contributed by atoms with Gasteiger partial charge in [0.1, 0.15) is 0 Å². The van der Waals surface area contributed by atoms with Gasteiger partial charge in [-0.15, -0.1) is 0 Å². The van der Waals surface area contributed by atoms with Crippen LogP contribution in [0.1, 0.15) is 36.2 Å². The second-order valence-corrected chi connectivity index (χ2v) is 6.44. The van der Waals surface area contributed by atoms with Gasteiger partial charge in [-0.1, -0.05) is 0 Å². The lowest BCUT2D eigenvalue weighted by Gasteiger charge is -2.38. The minimum Gasteiger partial charge on any atom is -0.334 e. The number of nitrogens with zero attached hydrogens (tertiary/aromatic N) is 5. The van der Waals surface area contributed by atoms with Crippen molar-refractivity contribution in [3.8, 4) is 0 Å². The molecule has 7 nitrogen and oxygen atoms in total. The van der Waals surface area contributed by atoms with Crippen molar-refractivity contribution in [2.45, 2.75) is 31.7 Å². The number of aromatic amines is 1. The van der Waals surface area contributed by atoms with Crippen molar-refractivity contribution < 1.29 is 4.79 Å². The number of aromatic nitrogens is 3. The van der Waals surface area contributed by atoms with Gasteiger partial charge in [0.25, 0.3) is 5.91 Å². The molecule has 0 aliphatic carbocycles. The number of piperazine rings is 1. The molecule has 122 valence electrons. The highest BCUT2D eigenvalue weighted by molar-refractivity contribution is 5.92. The quantitative estimate of drug-likeness (QED) is 0.874. The Morgan fingerprint density at radius 3 is 2.82 bits per heavy atom. The van der Waals surface area contributed by atoms with Gasteiger partial charge in [-0.3, -0.25) is 4.79 Å². The van der Waals surface area contributed by atoms with Crippen molar-refractivity contribution in [1.29, 1.82) is 0 Å². The van der Waals surface area contributed by atoms with Gasteiger partial charge in [0.05, 0.1) is 6.20 Å². The van der Waals surface area contributed by atoms with Crippen LogP contribution in [0.2, 0.25) is 0 Å². The van der Waals surface area contributed by atoms with E-state index in [2.05, 4.69) is 32.3 Å². The molecule has 0 bridgehead atoms. The largest absolute Gasteiger partial charge is 0.334 e. The van der Waals surface area contributed by atoms with E-state index in [9.17, 15) is 4.79 Å². The smallest absolute Gasteiger partial charge is 0.276 e. The van der Waals surface area contributed by atoms with Gasteiger partial charge < -0.3 is 14.7 Å². The van der Waals surface area contributed by atoms with E-state index in [4.69, 9.17) is 0 Å². The van der Waals surface area contributed by atoms with Crippen molar-refractivity contribution in [2.75, 3.05) is 46.3 Å². The number of carbonyl (C=O) groups excluding carboxylic acids is 1. The average Bonchev–Trinajstić information content (AvgIpc) is 3.08. The summed E-state index contributed by atoms with van der Waals surface area (Å²) in [4.78, 5) is 19.5. The Bertz CT molecular complexity index is 468. The average molecular weight is 306 g/mol. The van der Waals surface area contributed by atoms with Crippen LogP contribution >= 0.6 is 0 Å². The fraction of sp³-hybridized carbons (Fsp3) is 0.800. The van der Waals surface area contributed by atoms with E-state index in [1.54, 1.807) is 0 Å². The molecule has 2 aliphatic rings. The SMILES string of the molecule is CN1CCN(CC[C@H]2CCCCN2C(=O)c2cn[nH]n2)CC1. The van der Waals surface area contributed by atoms with E-state index < -0.39 is 0 Å². The summed E-state index contributed by atoms with van der Waals surface area (Å²) >= 11 is 0. The molecule has 0 spiro atoms. The minimum absolute atomic E-state index is 0.0248. The highest BCUT2D eigenvalue weighted by Gasteiger charge is 2.29. The molecule has 3 rings (SSSR count). The van der Waals surface area contributed by atoms with Crippen LogP contribution in [-0.4, -0.2) is 88.4 Å². The summed E-state index contributed by atoms with van der Waals surface area (Å²) < 4.78 is 0. The monoisotopic (exact) mass is 306 g/mol. The molecular formula is C15H26N6O. The highest BCUT2D eigenvalue weighted by Crippen LogP contribution is 2.22. The fourth-order valence-corrected chi connectivity index (χ4v) is 3.42. The third-order valence-electron chi connectivity index (χ3n) is 4.90. The first-order valence-electron chi connectivity index (χ1n) is 8.31. The third-order valence-corrected chi connectivity index (χ3v) is 4.90. The summed E-state index contributed by atoms with van der Waals surface area (Å²) in [7, 11) is 2.18. The molecule has 0 saturated carbocycles. The standard InChI is InChI=1S/C15H26N6O/c1-19-8-10-20(11-9-19)7-5-13-4-2-3-6-21(13)15(22)14-12-16-18-17-14/h12-13H,2-11H2,1H3,(H,16,17,18)/t13-/m1/s1. The first-order valence-corrected chi connectivity index (χ1v) is 8.31. The molecule has 1 atom stereocenters. The molecule has 3 heterocycles. The van der Waals surface area contributed by atoms with Crippen LogP contribution in [0.15, 0.2) is 6.20 Å². The van der Waals surface area contributed by atoms with Crippen molar-refractivity contribution in [2.24, 2.45) is 0 Å². The van der Waals surface area contributed by atoms with Crippen molar-refractivity contribution in [3.63, 3.8) is 0 Å². The number of H-pyrrole nitrogens is 1. The summed E-state index contributed by atoms with van der Waals surface area (Å²) in [5.41, 5.74) is 0.437. The predicted molar refractivity (Wildman–Crippen MR) is 83.6 cm³/mol. The normalized spacial score (nSPS) is 24.6. The zero-order chi connectivity index (χ0) is 15.4. The molecule has 2 saturated heterocycles. The third kappa shape index (κ3) is 3.64. The van der Waals surface area contributed by atoms with Crippen LogP contribution in [0.5, 0.6) is 0 Å². The zero-order valence-corrected chi connectivity index (χ0v) is 13.4. The number of nitrogens with one attached hydrogen (secondary N) is 1. The Kier molecular flexibility index (Phi) is 5.04. The highest BCUT2D eigenvalue weighted by atomic mass is 16.2. The molecule has 0 radical (unpaired) electrons. The molecule has 7 heteroatoms. The van der Waals surface area contributed by atoms with Gasteiger partial charge >= 0.3 is 0 Å². The molecule has 2 fully saturated rings. The Balaban J connectivity index is 1.55. The molecule has 1 N–H and O–H groups in total. The van der Waals surface area contributed by atoms with Crippen molar-refractivity contribution >= 4 is 5.91 Å². The first kappa shape index (κ1) is 15.4. The van der Waals surface area contributed by atoms with Gasteiger partial charge in [-0.25, -0.2) is 0 Å². The van der Waals surface area contributed by atoms with Crippen LogP contribution < -0.4 is 0 Å². The lowest BCUT2D eigenvalue weighted by atomic mass is 9.98. The summed E-state index contributed by atoms with van der Waals surface area (Å²) in [6.07, 6.45) is 6.00. The zero-order valence-electron chi connectivity index (χ0n) is 13.4. The Morgan fingerprint density at radius 1 is 1.27 bits per heavy atom. The second kappa shape index (κ2) is 7.19.